The van der Waals surface area contributed by atoms with Crippen molar-refractivity contribution in [2.24, 2.45) is 4.99 Å². The second-order valence-electron chi connectivity index (χ2n) is 4.31. The predicted octanol–water partition coefficient (Wildman–Crippen LogP) is 2.31. The smallest absolute Gasteiger partial charge is 0.191 e. The molecule has 0 fully saturated rings. The van der Waals surface area contributed by atoms with E-state index in [1.807, 2.05) is 31.2 Å². The fraction of sp³-hybridized carbons (Fsp3) is 0.533. The largest absolute Gasteiger partial charge is 0.490 e. The minimum atomic E-state index is 0.520. The summed E-state index contributed by atoms with van der Waals surface area (Å²) >= 11 is 6.02. The molecule has 0 aliphatic carbocycles. The summed E-state index contributed by atoms with van der Waals surface area (Å²) in [4.78, 5) is 4.45. The molecule has 0 saturated carbocycles. The molecule has 0 aliphatic heterocycles. The molecule has 0 spiro atoms. The van der Waals surface area contributed by atoms with Gasteiger partial charge < -0.3 is 20.1 Å². The van der Waals surface area contributed by atoms with Gasteiger partial charge in [-0.3, -0.25) is 4.99 Å². The van der Waals surface area contributed by atoms with Gasteiger partial charge >= 0.3 is 0 Å². The van der Waals surface area contributed by atoms with E-state index in [2.05, 4.69) is 15.6 Å². The first-order valence-electron chi connectivity index (χ1n) is 7.16. The van der Waals surface area contributed by atoms with Crippen LogP contribution in [0.5, 0.6) is 5.75 Å². The Bertz CT molecular complexity index is 427. The maximum absolute atomic E-state index is 6.02. The highest BCUT2D eigenvalue weighted by Gasteiger charge is 2.00. The average Bonchev–Trinajstić information content (AvgIpc) is 2.49. The molecule has 1 aromatic carbocycles. The number of nitrogens with zero attached hydrogens (tertiary/aromatic N) is 1. The van der Waals surface area contributed by atoms with Gasteiger partial charge in [-0.05, 0) is 25.5 Å². The van der Waals surface area contributed by atoms with Gasteiger partial charge in [-0.1, -0.05) is 23.7 Å². The molecule has 0 radical (unpaired) electrons. The number of rotatable bonds is 9. The summed E-state index contributed by atoms with van der Waals surface area (Å²) in [7, 11) is 1.69. The molecule has 1 rings (SSSR count). The Kier molecular flexibility index (Phi) is 9.40. The van der Waals surface area contributed by atoms with E-state index in [1.54, 1.807) is 7.11 Å². The lowest BCUT2D eigenvalue weighted by atomic mass is 10.3. The van der Waals surface area contributed by atoms with Crippen LogP contribution in [0.25, 0.3) is 0 Å². The molecule has 5 nitrogen and oxygen atoms in total. The van der Waals surface area contributed by atoms with Gasteiger partial charge in [0.1, 0.15) is 12.4 Å². The SMILES string of the molecule is CCNC(=NCCCOC)NCCOc1ccccc1Cl. The molecule has 0 aromatic heterocycles. The Morgan fingerprint density at radius 1 is 1.24 bits per heavy atom. The first-order chi connectivity index (χ1) is 10.3. The third kappa shape index (κ3) is 7.78. The summed E-state index contributed by atoms with van der Waals surface area (Å²) in [5.41, 5.74) is 0. The molecule has 0 heterocycles. The van der Waals surface area contributed by atoms with Crippen molar-refractivity contribution in [3.63, 3.8) is 0 Å². The van der Waals surface area contributed by atoms with Crippen molar-refractivity contribution in [1.82, 2.24) is 10.6 Å². The van der Waals surface area contributed by atoms with E-state index < -0.39 is 0 Å². The number of guanidine groups is 1. The monoisotopic (exact) mass is 313 g/mol. The van der Waals surface area contributed by atoms with Crippen LogP contribution < -0.4 is 15.4 Å². The topological polar surface area (TPSA) is 54.9 Å². The number of aliphatic imine (C=N–C) groups is 1. The lowest BCUT2D eigenvalue weighted by molar-refractivity contribution is 0.197. The summed E-state index contributed by atoms with van der Waals surface area (Å²) in [6.07, 6.45) is 0.906. The molecular weight excluding hydrogens is 290 g/mol. The third-order valence-electron chi connectivity index (χ3n) is 2.61. The van der Waals surface area contributed by atoms with Gasteiger partial charge in [0.25, 0.3) is 0 Å². The van der Waals surface area contributed by atoms with E-state index in [4.69, 9.17) is 21.1 Å². The lowest BCUT2D eigenvalue weighted by Gasteiger charge is -2.12. The molecule has 6 heteroatoms. The summed E-state index contributed by atoms with van der Waals surface area (Å²) < 4.78 is 10.6. The van der Waals surface area contributed by atoms with Gasteiger partial charge in [-0.25, -0.2) is 0 Å². The normalized spacial score (nSPS) is 11.3. The standard InChI is InChI=1S/C15H24ClN3O2/c1-3-17-15(18-9-6-11-20-2)19-10-12-21-14-8-5-4-7-13(14)16/h4-5,7-8H,3,6,9-12H2,1-2H3,(H2,17,18,19). The van der Waals surface area contributed by atoms with Crippen molar-refractivity contribution >= 4 is 17.6 Å². The molecule has 2 N–H and O–H groups in total. The zero-order chi connectivity index (χ0) is 15.3. The predicted molar refractivity (Wildman–Crippen MR) is 87.4 cm³/mol. The van der Waals surface area contributed by atoms with Gasteiger partial charge in [0, 0.05) is 26.8 Å². The molecule has 0 aliphatic rings. The zero-order valence-corrected chi connectivity index (χ0v) is 13.4. The molecule has 0 amide bonds. The van der Waals surface area contributed by atoms with Crippen LogP contribution in [0.1, 0.15) is 13.3 Å². The van der Waals surface area contributed by atoms with E-state index >= 15 is 0 Å². The second kappa shape index (κ2) is 11.2. The van der Waals surface area contributed by atoms with Crippen molar-refractivity contribution in [2.75, 3.05) is 40.0 Å². The minimum absolute atomic E-state index is 0.520. The van der Waals surface area contributed by atoms with Crippen molar-refractivity contribution in [2.45, 2.75) is 13.3 Å². The first-order valence-corrected chi connectivity index (χ1v) is 7.54. The maximum atomic E-state index is 6.02. The van der Waals surface area contributed by atoms with Gasteiger partial charge in [0.15, 0.2) is 5.96 Å². The van der Waals surface area contributed by atoms with Gasteiger partial charge in [0.2, 0.25) is 0 Å². The Hall–Kier alpha value is -1.46. The summed E-state index contributed by atoms with van der Waals surface area (Å²) in [5.74, 6) is 1.49. The highest BCUT2D eigenvalue weighted by molar-refractivity contribution is 6.32. The Morgan fingerprint density at radius 2 is 2.05 bits per heavy atom. The molecule has 0 unspecified atom stereocenters. The van der Waals surface area contributed by atoms with Crippen molar-refractivity contribution < 1.29 is 9.47 Å². The number of ether oxygens (including phenoxy) is 2. The Morgan fingerprint density at radius 3 is 2.76 bits per heavy atom. The first kappa shape index (κ1) is 17.6. The molecule has 0 bridgehead atoms. The average molecular weight is 314 g/mol. The van der Waals surface area contributed by atoms with Crippen LogP contribution in [-0.2, 0) is 4.74 Å². The Labute approximate surface area is 131 Å². The van der Waals surface area contributed by atoms with Gasteiger partial charge in [0.05, 0.1) is 11.6 Å². The van der Waals surface area contributed by atoms with Crippen molar-refractivity contribution in [3.05, 3.63) is 29.3 Å². The van der Waals surface area contributed by atoms with Crippen LogP contribution in [-0.4, -0.2) is 45.9 Å². The quantitative estimate of drug-likeness (QED) is 0.417. The van der Waals surface area contributed by atoms with Crippen LogP contribution in [0.2, 0.25) is 5.02 Å². The van der Waals surface area contributed by atoms with E-state index in [-0.39, 0.29) is 0 Å². The van der Waals surface area contributed by atoms with Crippen LogP contribution in [0, 0.1) is 0 Å². The zero-order valence-electron chi connectivity index (χ0n) is 12.7. The molecule has 21 heavy (non-hydrogen) atoms. The molecule has 0 atom stereocenters. The van der Waals surface area contributed by atoms with E-state index in [9.17, 15) is 0 Å². The number of benzene rings is 1. The number of hydrogen-bond acceptors (Lipinski definition) is 3. The highest BCUT2D eigenvalue weighted by atomic mass is 35.5. The van der Waals surface area contributed by atoms with E-state index in [0.717, 1.165) is 32.1 Å². The summed E-state index contributed by atoms with van der Waals surface area (Å²) in [6, 6.07) is 7.44. The van der Waals surface area contributed by atoms with Crippen LogP contribution in [0.3, 0.4) is 0 Å². The van der Waals surface area contributed by atoms with Crippen LogP contribution in [0.4, 0.5) is 0 Å². The number of methoxy groups -OCH3 is 1. The highest BCUT2D eigenvalue weighted by Crippen LogP contribution is 2.22. The van der Waals surface area contributed by atoms with E-state index in [1.165, 1.54) is 0 Å². The fourth-order valence-electron chi connectivity index (χ4n) is 1.63. The molecular formula is C15H24ClN3O2. The molecule has 118 valence electrons. The second-order valence-corrected chi connectivity index (χ2v) is 4.72. The lowest BCUT2D eigenvalue weighted by Crippen LogP contribution is -2.39. The summed E-state index contributed by atoms with van der Waals surface area (Å²) in [6.45, 7) is 5.48. The minimum Gasteiger partial charge on any atom is -0.490 e. The van der Waals surface area contributed by atoms with E-state index in [0.29, 0.717) is 23.9 Å². The molecule has 1 aromatic rings. The van der Waals surface area contributed by atoms with Crippen LogP contribution >= 0.6 is 11.6 Å². The van der Waals surface area contributed by atoms with Crippen LogP contribution in [0.15, 0.2) is 29.3 Å². The number of halogens is 1. The summed E-state index contributed by atoms with van der Waals surface area (Å²) in [5, 5.41) is 7.03. The number of hydrogen-bond donors (Lipinski definition) is 2. The van der Waals surface area contributed by atoms with Gasteiger partial charge in [-0.15, -0.1) is 0 Å². The third-order valence-corrected chi connectivity index (χ3v) is 2.92. The number of para-hydroxylation sites is 1. The van der Waals surface area contributed by atoms with Crippen molar-refractivity contribution in [3.8, 4) is 5.75 Å². The molecule has 0 saturated heterocycles. The number of nitrogens with one attached hydrogen (secondary N) is 2. The maximum Gasteiger partial charge on any atom is 0.191 e. The van der Waals surface area contributed by atoms with Crippen molar-refractivity contribution in [1.29, 1.82) is 0 Å². The van der Waals surface area contributed by atoms with Gasteiger partial charge in [-0.2, -0.15) is 0 Å². The Balaban J connectivity index is 2.28. The fourth-order valence-corrected chi connectivity index (χ4v) is 1.82.